The summed E-state index contributed by atoms with van der Waals surface area (Å²) in [6.45, 7) is 1.58. The molecule has 1 N–H and O–H groups in total. The van der Waals surface area contributed by atoms with Crippen molar-refractivity contribution >= 4 is 11.6 Å². The number of hydrogen-bond donors (Lipinski definition) is 1. The Kier molecular flexibility index (Phi) is 4.47. The number of ether oxygens (including phenoxy) is 2. The van der Waals surface area contributed by atoms with Gasteiger partial charge in [0.05, 0.1) is 23.8 Å². The van der Waals surface area contributed by atoms with Crippen molar-refractivity contribution in [2.24, 2.45) is 0 Å². The van der Waals surface area contributed by atoms with E-state index in [4.69, 9.17) is 21.1 Å². The Balaban J connectivity index is 2.46. The lowest BCUT2D eigenvalue weighted by molar-refractivity contribution is 0.190. The van der Waals surface area contributed by atoms with E-state index in [0.717, 1.165) is 0 Å². The van der Waals surface area contributed by atoms with Crippen molar-refractivity contribution in [1.82, 2.24) is 0 Å². The highest BCUT2D eigenvalue weighted by molar-refractivity contribution is 6.30. The summed E-state index contributed by atoms with van der Waals surface area (Å²) in [5.74, 6) is 0.140. The molecule has 0 saturated heterocycles. The van der Waals surface area contributed by atoms with E-state index in [0.29, 0.717) is 17.1 Å². The maximum atomic E-state index is 13.9. The second kappa shape index (κ2) is 6.11. The largest absolute Gasteiger partial charge is 0.496 e. The van der Waals surface area contributed by atoms with E-state index in [1.165, 1.54) is 19.2 Å². The molecule has 0 fully saturated rings. The Morgan fingerprint density at radius 3 is 2.35 bits per heavy atom. The van der Waals surface area contributed by atoms with Crippen LogP contribution in [0.4, 0.5) is 4.39 Å². The number of hydrogen-bond acceptors (Lipinski definition) is 3. The standard InChI is InChI=1S/C15H14ClFO3/c1-9(18)14-11(19-2)6-4-7-12(14)20-13-8-3-5-10(16)15(13)17/h3-9,18H,1-2H3. The molecule has 0 radical (unpaired) electrons. The number of aliphatic hydroxyl groups is 1. The minimum absolute atomic E-state index is 0.00680. The molecule has 0 aliphatic rings. The number of halogens is 2. The van der Waals surface area contributed by atoms with Gasteiger partial charge in [-0.1, -0.05) is 23.7 Å². The quantitative estimate of drug-likeness (QED) is 0.912. The van der Waals surface area contributed by atoms with Crippen LogP contribution in [0.25, 0.3) is 0 Å². The molecular formula is C15H14ClFO3. The fourth-order valence-corrected chi connectivity index (χ4v) is 2.05. The van der Waals surface area contributed by atoms with E-state index >= 15 is 0 Å². The third-order valence-corrected chi connectivity index (χ3v) is 3.09. The van der Waals surface area contributed by atoms with Crippen molar-refractivity contribution in [2.45, 2.75) is 13.0 Å². The lowest BCUT2D eigenvalue weighted by atomic mass is 10.1. The van der Waals surface area contributed by atoms with Crippen molar-refractivity contribution in [3.63, 3.8) is 0 Å². The molecule has 0 aliphatic carbocycles. The summed E-state index contributed by atoms with van der Waals surface area (Å²) in [7, 11) is 1.49. The van der Waals surface area contributed by atoms with Gasteiger partial charge in [0.15, 0.2) is 11.6 Å². The van der Waals surface area contributed by atoms with E-state index in [-0.39, 0.29) is 10.8 Å². The van der Waals surface area contributed by atoms with Gasteiger partial charge in [0.2, 0.25) is 0 Å². The van der Waals surface area contributed by atoms with Gasteiger partial charge in [-0.25, -0.2) is 4.39 Å². The van der Waals surface area contributed by atoms with Crippen LogP contribution < -0.4 is 9.47 Å². The SMILES string of the molecule is COc1cccc(Oc2cccc(Cl)c2F)c1C(C)O. The second-order valence-corrected chi connectivity index (χ2v) is 4.61. The summed E-state index contributed by atoms with van der Waals surface area (Å²) >= 11 is 5.71. The van der Waals surface area contributed by atoms with Crippen LogP contribution >= 0.6 is 11.6 Å². The summed E-state index contributed by atoms with van der Waals surface area (Å²) in [6.07, 6.45) is -0.816. The van der Waals surface area contributed by atoms with Crippen LogP contribution in [0.3, 0.4) is 0 Å². The third kappa shape index (κ3) is 2.86. The van der Waals surface area contributed by atoms with Gasteiger partial charge in [-0.2, -0.15) is 0 Å². The van der Waals surface area contributed by atoms with E-state index in [9.17, 15) is 9.50 Å². The summed E-state index contributed by atoms with van der Waals surface area (Å²) in [5.41, 5.74) is 0.453. The van der Waals surface area contributed by atoms with Crippen molar-refractivity contribution in [1.29, 1.82) is 0 Å². The lowest BCUT2D eigenvalue weighted by Crippen LogP contribution is -2.00. The first-order valence-electron chi connectivity index (χ1n) is 6.01. The Morgan fingerprint density at radius 2 is 1.70 bits per heavy atom. The Hall–Kier alpha value is -1.78. The van der Waals surface area contributed by atoms with Crippen LogP contribution in [0.15, 0.2) is 36.4 Å². The van der Waals surface area contributed by atoms with Crippen LogP contribution in [0.1, 0.15) is 18.6 Å². The predicted molar refractivity (Wildman–Crippen MR) is 75.1 cm³/mol. The molecule has 1 atom stereocenters. The van der Waals surface area contributed by atoms with Gasteiger partial charge in [0, 0.05) is 0 Å². The van der Waals surface area contributed by atoms with Crippen LogP contribution in [-0.4, -0.2) is 12.2 Å². The van der Waals surface area contributed by atoms with E-state index in [1.807, 2.05) is 0 Å². The minimum atomic E-state index is -0.816. The molecular weight excluding hydrogens is 283 g/mol. The minimum Gasteiger partial charge on any atom is -0.496 e. The first kappa shape index (κ1) is 14.6. The summed E-state index contributed by atoms with van der Waals surface area (Å²) in [6, 6.07) is 9.51. The fraction of sp³-hybridized carbons (Fsp3) is 0.200. The molecule has 1 unspecified atom stereocenters. The van der Waals surface area contributed by atoms with E-state index < -0.39 is 11.9 Å². The van der Waals surface area contributed by atoms with Gasteiger partial charge in [0.1, 0.15) is 11.5 Å². The number of aliphatic hydroxyl groups excluding tert-OH is 1. The van der Waals surface area contributed by atoms with Gasteiger partial charge in [0.25, 0.3) is 0 Å². The summed E-state index contributed by atoms with van der Waals surface area (Å²) in [5, 5.41) is 9.81. The second-order valence-electron chi connectivity index (χ2n) is 4.20. The number of rotatable bonds is 4. The maximum absolute atomic E-state index is 13.9. The average Bonchev–Trinajstić information content (AvgIpc) is 2.43. The lowest BCUT2D eigenvalue weighted by Gasteiger charge is -2.16. The maximum Gasteiger partial charge on any atom is 0.184 e. The highest BCUT2D eigenvalue weighted by atomic mass is 35.5. The zero-order valence-electron chi connectivity index (χ0n) is 11.1. The first-order valence-corrected chi connectivity index (χ1v) is 6.39. The molecule has 3 nitrogen and oxygen atoms in total. The topological polar surface area (TPSA) is 38.7 Å². The highest BCUT2D eigenvalue weighted by Crippen LogP contribution is 2.37. The molecule has 0 saturated carbocycles. The van der Waals surface area contributed by atoms with Crippen LogP contribution in [-0.2, 0) is 0 Å². The smallest absolute Gasteiger partial charge is 0.184 e. The molecule has 2 aromatic rings. The molecule has 0 amide bonds. The zero-order chi connectivity index (χ0) is 14.7. The van der Waals surface area contributed by atoms with Crippen molar-refractivity contribution in [3.8, 4) is 17.2 Å². The molecule has 0 spiro atoms. The summed E-state index contributed by atoms with van der Waals surface area (Å²) in [4.78, 5) is 0. The Bertz CT molecular complexity index is 614. The molecule has 0 heterocycles. The number of methoxy groups -OCH3 is 1. The van der Waals surface area contributed by atoms with Gasteiger partial charge >= 0.3 is 0 Å². The third-order valence-electron chi connectivity index (χ3n) is 2.80. The average molecular weight is 297 g/mol. The van der Waals surface area contributed by atoms with Crippen LogP contribution in [0.5, 0.6) is 17.2 Å². The molecule has 20 heavy (non-hydrogen) atoms. The van der Waals surface area contributed by atoms with E-state index in [2.05, 4.69) is 0 Å². The molecule has 0 aliphatic heterocycles. The molecule has 5 heteroatoms. The Morgan fingerprint density at radius 1 is 1.10 bits per heavy atom. The molecule has 2 rings (SSSR count). The van der Waals surface area contributed by atoms with Crippen molar-refractivity contribution in [2.75, 3.05) is 7.11 Å². The monoisotopic (exact) mass is 296 g/mol. The zero-order valence-corrected chi connectivity index (χ0v) is 11.8. The summed E-state index contributed by atoms with van der Waals surface area (Å²) < 4.78 is 24.6. The van der Waals surface area contributed by atoms with Gasteiger partial charge in [-0.3, -0.25) is 0 Å². The molecule has 0 bridgehead atoms. The normalized spacial score (nSPS) is 12.1. The van der Waals surface area contributed by atoms with Gasteiger partial charge in [-0.15, -0.1) is 0 Å². The highest BCUT2D eigenvalue weighted by Gasteiger charge is 2.17. The molecule has 0 aromatic heterocycles. The van der Waals surface area contributed by atoms with Crippen molar-refractivity contribution < 1.29 is 19.0 Å². The number of benzene rings is 2. The van der Waals surface area contributed by atoms with Crippen molar-refractivity contribution in [3.05, 3.63) is 52.8 Å². The molecule has 2 aromatic carbocycles. The van der Waals surface area contributed by atoms with Crippen LogP contribution in [0, 0.1) is 5.82 Å². The fourth-order valence-electron chi connectivity index (χ4n) is 1.88. The Labute approximate surface area is 121 Å². The predicted octanol–water partition coefficient (Wildman–Crippen LogP) is 4.33. The van der Waals surface area contributed by atoms with Gasteiger partial charge < -0.3 is 14.6 Å². The van der Waals surface area contributed by atoms with Gasteiger partial charge in [-0.05, 0) is 31.2 Å². The first-order chi connectivity index (χ1) is 9.54. The van der Waals surface area contributed by atoms with E-state index in [1.54, 1.807) is 31.2 Å². The molecule has 106 valence electrons. The van der Waals surface area contributed by atoms with Crippen LogP contribution in [0.2, 0.25) is 5.02 Å².